The van der Waals surface area contributed by atoms with Gasteiger partial charge in [-0.15, -0.1) is 0 Å². The van der Waals surface area contributed by atoms with Crippen molar-refractivity contribution in [2.24, 2.45) is 23.6 Å². The first kappa shape index (κ1) is 9.52. The van der Waals surface area contributed by atoms with Crippen LogP contribution in [0.2, 0.25) is 0 Å². The zero-order valence-corrected chi connectivity index (χ0v) is 11.7. The van der Waals surface area contributed by atoms with Gasteiger partial charge in [-0.05, 0) is 61.6 Å². The summed E-state index contributed by atoms with van der Waals surface area (Å²) in [5, 5.41) is 0. The van der Waals surface area contributed by atoms with Crippen molar-refractivity contribution >= 4 is 5.71 Å². The van der Waals surface area contributed by atoms with E-state index in [1.54, 1.807) is 0 Å². The van der Waals surface area contributed by atoms with E-state index in [0.717, 1.165) is 19.3 Å². The number of fused-ring (bicyclic) bond motifs is 5. The van der Waals surface area contributed by atoms with Gasteiger partial charge in [0.2, 0.25) is 0 Å². The molecule has 19 heavy (non-hydrogen) atoms. The topological polar surface area (TPSA) is 3.01 Å². The lowest BCUT2D eigenvalue weighted by Gasteiger charge is -2.30. The van der Waals surface area contributed by atoms with E-state index < -0.39 is 11.8 Å². The highest BCUT2D eigenvalue weighted by Crippen LogP contribution is 2.54. The Morgan fingerprint density at radius 3 is 2.84 bits per heavy atom. The molecule has 1 aromatic rings. The third-order valence-electron chi connectivity index (χ3n) is 5.10. The largest absolute Gasteiger partial charge is 0.205 e. The van der Waals surface area contributed by atoms with Crippen LogP contribution in [0.5, 0.6) is 0 Å². The van der Waals surface area contributed by atoms with E-state index in [-0.39, 0.29) is 11.8 Å². The fourth-order valence-electron chi connectivity index (χ4n) is 4.18. The summed E-state index contributed by atoms with van der Waals surface area (Å²) in [6.45, 7) is 2.14. The lowest BCUT2D eigenvalue weighted by atomic mass is 9.73. The summed E-state index contributed by atoms with van der Waals surface area (Å²) in [4.78, 5) is 0. The molecule has 2 aliphatic carbocycles. The van der Waals surface area contributed by atoms with Gasteiger partial charge in [-0.2, -0.15) is 0 Å². The molecule has 4 rings (SSSR count). The van der Waals surface area contributed by atoms with E-state index in [9.17, 15) is 0 Å². The highest BCUT2D eigenvalue weighted by molar-refractivity contribution is 6.01. The summed E-state index contributed by atoms with van der Waals surface area (Å²) in [5.74, 6) is -0.504. The Hall–Kier alpha value is -1.37. The summed E-state index contributed by atoms with van der Waals surface area (Å²) < 4.78 is 19.9. The Bertz CT molecular complexity index is 678. The van der Waals surface area contributed by atoms with E-state index in [2.05, 4.69) is 55.1 Å². The Labute approximate surface area is 118 Å². The van der Waals surface area contributed by atoms with Crippen LogP contribution in [0.4, 0.5) is 0 Å². The molecule has 0 N–H and O–H groups in total. The zero-order valence-electron chi connectivity index (χ0n) is 13.7. The van der Waals surface area contributed by atoms with Gasteiger partial charge in [-0.3, -0.25) is 0 Å². The molecule has 4 unspecified atom stereocenters. The van der Waals surface area contributed by atoms with E-state index in [4.69, 9.17) is 2.74 Å². The molecule has 1 aliphatic heterocycles. The maximum absolute atomic E-state index is 8.96. The van der Waals surface area contributed by atoms with Crippen molar-refractivity contribution in [1.82, 2.24) is 0 Å². The third-order valence-corrected chi connectivity index (χ3v) is 5.10. The highest BCUT2D eigenvalue weighted by atomic mass is 15.0. The molecule has 2 saturated carbocycles. The van der Waals surface area contributed by atoms with Crippen molar-refractivity contribution in [3.05, 3.63) is 47.7 Å². The fraction of sp³-hybridized carbons (Fsp3) is 0.500. The summed E-state index contributed by atoms with van der Waals surface area (Å²) >= 11 is 0. The molecular formula is C18H22N+. The number of nitrogens with zero attached hydrogens (tertiary/aromatic N) is 1. The smallest absolute Gasteiger partial charge is 0.192 e. The van der Waals surface area contributed by atoms with Crippen molar-refractivity contribution in [2.75, 3.05) is 7.05 Å². The van der Waals surface area contributed by atoms with Gasteiger partial charge in [0.05, 0.1) is 5.92 Å². The van der Waals surface area contributed by atoms with Crippen LogP contribution in [-0.4, -0.2) is 17.3 Å². The lowest BCUT2D eigenvalue weighted by Crippen LogP contribution is -2.36. The van der Waals surface area contributed by atoms with E-state index in [1.807, 2.05) is 0 Å². The highest BCUT2D eigenvalue weighted by Gasteiger charge is 2.52. The van der Waals surface area contributed by atoms with Crippen LogP contribution >= 0.6 is 0 Å². The molecule has 1 aromatic carbocycles. The Balaban J connectivity index is 1.91. The van der Waals surface area contributed by atoms with Gasteiger partial charge in [-0.1, -0.05) is 18.2 Å². The van der Waals surface area contributed by atoms with Crippen LogP contribution in [-0.2, 0) is 0 Å². The maximum atomic E-state index is 8.96. The molecule has 98 valence electrons. The molecule has 2 fully saturated rings. The fourth-order valence-corrected chi connectivity index (χ4v) is 4.18. The van der Waals surface area contributed by atoms with Gasteiger partial charge in [0, 0.05) is 8.30 Å². The number of hydrogen-bond donors (Lipinski definition) is 0. The predicted molar refractivity (Wildman–Crippen MR) is 78.4 cm³/mol. The molecule has 0 spiro atoms. The van der Waals surface area contributed by atoms with Crippen molar-refractivity contribution in [3.63, 3.8) is 0 Å². The van der Waals surface area contributed by atoms with Gasteiger partial charge >= 0.3 is 0 Å². The quantitative estimate of drug-likeness (QED) is 0.673. The number of allylic oxidation sites excluding steroid dienone is 1. The minimum absolute atomic E-state index is 0.167. The lowest BCUT2D eigenvalue weighted by molar-refractivity contribution is -0.428. The van der Waals surface area contributed by atoms with Gasteiger partial charge < -0.3 is 0 Å². The average molecular weight is 254 g/mol. The number of rotatable bonds is 1. The SMILES string of the molecule is [2H]C12CCC([2H])(C1)C1C(c3ccccc3C)=[N+](C)C=CC12. The first-order chi connectivity index (χ1) is 9.95. The first-order valence-corrected chi connectivity index (χ1v) is 7.29. The van der Waals surface area contributed by atoms with Crippen LogP contribution in [0.25, 0.3) is 0 Å². The number of benzene rings is 1. The molecule has 1 heterocycles. The van der Waals surface area contributed by atoms with Gasteiger partial charge in [0.25, 0.3) is 0 Å². The molecule has 0 aromatic heterocycles. The van der Waals surface area contributed by atoms with Gasteiger partial charge in [-0.25, -0.2) is 4.58 Å². The second-order valence-corrected chi connectivity index (χ2v) is 6.15. The number of hydrogen-bond acceptors (Lipinski definition) is 0. The average Bonchev–Trinajstić information content (AvgIpc) is 2.87. The van der Waals surface area contributed by atoms with Gasteiger partial charge in [0.15, 0.2) is 11.9 Å². The molecule has 0 amide bonds. The van der Waals surface area contributed by atoms with Crippen molar-refractivity contribution in [1.29, 1.82) is 0 Å². The normalized spacial score (nSPS) is 45.2. The number of aryl methyl sites for hydroxylation is 1. The molecule has 2 bridgehead atoms. The molecular weight excluding hydrogens is 230 g/mol. The summed E-state index contributed by atoms with van der Waals surface area (Å²) in [7, 11) is 2.08. The standard InChI is InChI=1S/C18H22N/c1-12-5-3-4-6-15(12)18-17-14-8-7-13(11-14)16(17)9-10-19(18)2/h3-6,9-10,13-14,16-17H,7-8,11H2,1-2H3/q+1/i13D,14D. The molecule has 0 radical (unpaired) electrons. The summed E-state index contributed by atoms with van der Waals surface area (Å²) in [6.07, 6.45) is 6.78. The van der Waals surface area contributed by atoms with Crippen LogP contribution < -0.4 is 0 Å². The van der Waals surface area contributed by atoms with Crippen LogP contribution in [0, 0.1) is 30.5 Å². The van der Waals surface area contributed by atoms with Crippen molar-refractivity contribution in [3.8, 4) is 0 Å². The van der Waals surface area contributed by atoms with Crippen LogP contribution in [0.15, 0.2) is 36.5 Å². The minimum atomic E-state index is -0.455. The monoisotopic (exact) mass is 254 g/mol. The van der Waals surface area contributed by atoms with E-state index in [0.29, 0.717) is 0 Å². The third kappa shape index (κ3) is 1.57. The second-order valence-electron chi connectivity index (χ2n) is 6.15. The Kier molecular flexibility index (Phi) is 2.03. The molecule has 3 aliphatic rings. The molecule has 4 atom stereocenters. The van der Waals surface area contributed by atoms with Crippen LogP contribution in [0.1, 0.15) is 33.1 Å². The molecule has 0 saturated heterocycles. The first-order valence-electron chi connectivity index (χ1n) is 8.29. The van der Waals surface area contributed by atoms with E-state index >= 15 is 0 Å². The second kappa shape index (κ2) is 4.06. The van der Waals surface area contributed by atoms with Crippen LogP contribution in [0.3, 0.4) is 0 Å². The molecule has 1 heteroatoms. The van der Waals surface area contributed by atoms with Gasteiger partial charge in [0.1, 0.15) is 7.05 Å². The Morgan fingerprint density at radius 2 is 2.00 bits per heavy atom. The molecule has 1 nitrogen and oxygen atoms in total. The zero-order chi connectivity index (χ0) is 14.8. The summed E-state index contributed by atoms with van der Waals surface area (Å²) in [5.41, 5.74) is 3.77. The Morgan fingerprint density at radius 1 is 1.21 bits per heavy atom. The van der Waals surface area contributed by atoms with E-state index in [1.165, 1.54) is 16.8 Å². The minimum Gasteiger partial charge on any atom is -0.205 e. The predicted octanol–water partition coefficient (Wildman–Crippen LogP) is 3.62. The van der Waals surface area contributed by atoms with Crippen molar-refractivity contribution < 1.29 is 7.32 Å². The summed E-state index contributed by atoms with van der Waals surface area (Å²) in [6, 6.07) is 8.46. The van der Waals surface area contributed by atoms with Crippen molar-refractivity contribution in [2.45, 2.75) is 26.2 Å². The maximum Gasteiger partial charge on any atom is 0.192 e.